The quantitative estimate of drug-likeness (QED) is 0.528. The van der Waals surface area contributed by atoms with Gasteiger partial charge in [-0.3, -0.25) is 10.2 Å². The maximum atomic E-state index is 11.7. The Balaban J connectivity index is 0.00000200. The number of hydrogen-bond acceptors (Lipinski definition) is 4. The summed E-state index contributed by atoms with van der Waals surface area (Å²) in [4.78, 5) is 13.6. The molecule has 0 atom stereocenters. The van der Waals surface area contributed by atoms with Crippen LogP contribution >= 0.6 is 24.0 Å². The zero-order chi connectivity index (χ0) is 13.7. The lowest BCUT2D eigenvalue weighted by molar-refractivity contribution is -0.112. The number of morpholine rings is 1. The van der Waals surface area contributed by atoms with Crippen LogP contribution in [0.1, 0.15) is 6.92 Å². The summed E-state index contributed by atoms with van der Waals surface area (Å²) in [6.07, 6.45) is 0. The third kappa shape index (κ3) is 4.67. The van der Waals surface area contributed by atoms with E-state index < -0.39 is 0 Å². The summed E-state index contributed by atoms with van der Waals surface area (Å²) in [5.41, 5.74) is 3.61. The number of anilines is 1. The van der Waals surface area contributed by atoms with Crippen LogP contribution in [0.3, 0.4) is 0 Å². The maximum absolute atomic E-state index is 11.7. The van der Waals surface area contributed by atoms with Gasteiger partial charge < -0.3 is 9.64 Å². The fourth-order valence-electron chi connectivity index (χ4n) is 1.82. The molecule has 1 aliphatic heterocycles. The molecule has 0 aliphatic carbocycles. The summed E-state index contributed by atoms with van der Waals surface area (Å²) in [7, 11) is 0. The number of hydrazone groups is 1. The minimum Gasteiger partial charge on any atom is -0.378 e. The summed E-state index contributed by atoms with van der Waals surface area (Å²) in [5, 5.41) is 4.81. The van der Waals surface area contributed by atoms with Crippen LogP contribution in [0, 0.1) is 0 Å². The van der Waals surface area contributed by atoms with Crippen molar-refractivity contribution in [2.24, 2.45) is 5.10 Å². The number of nitrogens with zero attached hydrogens (tertiary/aromatic N) is 2. The van der Waals surface area contributed by atoms with Gasteiger partial charge in [-0.05, 0) is 18.2 Å². The molecule has 1 heterocycles. The third-order valence-corrected chi connectivity index (χ3v) is 2.98. The average Bonchev–Trinajstić information content (AvgIpc) is 2.40. The van der Waals surface area contributed by atoms with Crippen molar-refractivity contribution in [1.29, 1.82) is 0 Å². The molecule has 0 amide bonds. The fraction of sp³-hybridized carbons (Fsp3) is 0.385. The molecule has 1 aromatic rings. The third-order valence-electron chi connectivity index (χ3n) is 2.74. The smallest absolute Gasteiger partial charge is 0.196 e. The molecular formula is C13H17Cl2N3O2. The van der Waals surface area contributed by atoms with Crippen LogP contribution < -0.4 is 5.43 Å². The zero-order valence-corrected chi connectivity index (χ0v) is 12.7. The number of carbonyl (C=O) groups is 1. The number of Topliss-reactive ketones (excluding diaryl/α,β-unsaturated/α-hetero) is 1. The molecule has 0 radical (unpaired) electrons. The second-order valence-corrected chi connectivity index (χ2v) is 4.65. The highest BCUT2D eigenvalue weighted by Crippen LogP contribution is 2.15. The van der Waals surface area contributed by atoms with Crippen molar-refractivity contribution in [3.05, 3.63) is 29.3 Å². The van der Waals surface area contributed by atoms with E-state index in [4.69, 9.17) is 16.3 Å². The SMILES string of the molecule is CC(=O)/C(=N/Nc1cccc(Cl)c1)N1CCOCC1.Cl. The lowest BCUT2D eigenvalue weighted by atomic mass is 10.3. The Morgan fingerprint density at radius 3 is 2.70 bits per heavy atom. The van der Waals surface area contributed by atoms with Gasteiger partial charge in [0.1, 0.15) is 0 Å². The number of ketones is 1. The molecule has 2 rings (SSSR count). The van der Waals surface area contributed by atoms with Gasteiger partial charge in [-0.25, -0.2) is 0 Å². The van der Waals surface area contributed by atoms with Crippen LogP contribution in [0.25, 0.3) is 0 Å². The van der Waals surface area contributed by atoms with E-state index in [1.807, 2.05) is 17.0 Å². The molecule has 1 fully saturated rings. The second kappa shape index (κ2) is 8.09. The van der Waals surface area contributed by atoms with Gasteiger partial charge in [-0.2, -0.15) is 5.10 Å². The number of ether oxygens (including phenoxy) is 1. The number of halogens is 2. The first kappa shape index (κ1) is 16.8. The predicted octanol–water partition coefficient (Wildman–Crippen LogP) is 2.41. The molecule has 0 bridgehead atoms. The van der Waals surface area contributed by atoms with E-state index in [2.05, 4.69) is 10.5 Å². The number of nitrogens with one attached hydrogen (secondary N) is 1. The van der Waals surface area contributed by atoms with Crippen LogP contribution in [0.4, 0.5) is 5.69 Å². The van der Waals surface area contributed by atoms with E-state index in [-0.39, 0.29) is 18.2 Å². The Morgan fingerprint density at radius 1 is 1.40 bits per heavy atom. The van der Waals surface area contributed by atoms with Crippen molar-refractivity contribution in [1.82, 2.24) is 4.90 Å². The minimum absolute atomic E-state index is 0. The summed E-state index contributed by atoms with van der Waals surface area (Å²) in [6, 6.07) is 7.20. The normalized spacial score (nSPS) is 15.5. The molecule has 5 nitrogen and oxygen atoms in total. The van der Waals surface area contributed by atoms with E-state index in [1.165, 1.54) is 6.92 Å². The van der Waals surface area contributed by atoms with Gasteiger partial charge in [0, 0.05) is 25.0 Å². The van der Waals surface area contributed by atoms with Gasteiger partial charge in [0.25, 0.3) is 0 Å². The molecule has 7 heteroatoms. The van der Waals surface area contributed by atoms with Crippen LogP contribution in [0.5, 0.6) is 0 Å². The van der Waals surface area contributed by atoms with Crippen molar-refractivity contribution in [3.8, 4) is 0 Å². The van der Waals surface area contributed by atoms with Gasteiger partial charge in [0.15, 0.2) is 11.6 Å². The highest BCUT2D eigenvalue weighted by Gasteiger charge is 2.18. The molecule has 0 spiro atoms. The Morgan fingerprint density at radius 2 is 2.10 bits per heavy atom. The number of hydrogen-bond donors (Lipinski definition) is 1. The van der Waals surface area contributed by atoms with Gasteiger partial charge in [-0.15, -0.1) is 12.4 Å². The molecule has 1 saturated heterocycles. The standard InChI is InChI=1S/C13H16ClN3O2.ClH/c1-10(18)13(17-5-7-19-8-6-17)16-15-12-4-2-3-11(14)9-12;/h2-4,9,15H,5-8H2,1H3;1H/b16-13-;. The van der Waals surface area contributed by atoms with Gasteiger partial charge in [-0.1, -0.05) is 17.7 Å². The number of amidine groups is 1. The van der Waals surface area contributed by atoms with Crippen molar-refractivity contribution in [2.75, 3.05) is 31.7 Å². The highest BCUT2D eigenvalue weighted by molar-refractivity contribution is 6.38. The average molecular weight is 318 g/mol. The van der Waals surface area contributed by atoms with Gasteiger partial charge >= 0.3 is 0 Å². The lowest BCUT2D eigenvalue weighted by Crippen LogP contribution is -2.44. The summed E-state index contributed by atoms with van der Waals surface area (Å²) in [6.45, 7) is 4.09. The molecule has 1 aromatic carbocycles. The fourth-order valence-corrected chi connectivity index (χ4v) is 2.01. The highest BCUT2D eigenvalue weighted by atomic mass is 35.5. The van der Waals surface area contributed by atoms with Crippen molar-refractivity contribution in [3.63, 3.8) is 0 Å². The maximum Gasteiger partial charge on any atom is 0.196 e. The predicted molar refractivity (Wildman–Crippen MR) is 82.8 cm³/mol. The molecule has 110 valence electrons. The van der Waals surface area contributed by atoms with Crippen molar-refractivity contribution < 1.29 is 9.53 Å². The van der Waals surface area contributed by atoms with Gasteiger partial charge in [0.2, 0.25) is 0 Å². The summed E-state index contributed by atoms with van der Waals surface area (Å²) < 4.78 is 5.26. The lowest BCUT2D eigenvalue weighted by Gasteiger charge is -2.28. The van der Waals surface area contributed by atoms with E-state index in [9.17, 15) is 4.79 Å². The Hall–Kier alpha value is -1.30. The summed E-state index contributed by atoms with van der Waals surface area (Å²) in [5.74, 6) is 0.347. The molecule has 0 saturated carbocycles. The zero-order valence-electron chi connectivity index (χ0n) is 11.1. The van der Waals surface area contributed by atoms with E-state index in [1.54, 1.807) is 12.1 Å². The molecule has 1 N–H and O–H groups in total. The van der Waals surface area contributed by atoms with Crippen LogP contribution in [0.2, 0.25) is 5.02 Å². The van der Waals surface area contributed by atoms with E-state index in [0.717, 1.165) is 5.69 Å². The first-order chi connectivity index (χ1) is 9.16. The molecular weight excluding hydrogens is 301 g/mol. The summed E-state index contributed by atoms with van der Waals surface area (Å²) >= 11 is 5.89. The monoisotopic (exact) mass is 317 g/mol. The number of benzene rings is 1. The second-order valence-electron chi connectivity index (χ2n) is 4.21. The van der Waals surface area contributed by atoms with Gasteiger partial charge in [0.05, 0.1) is 18.9 Å². The molecule has 0 aromatic heterocycles. The topological polar surface area (TPSA) is 53.9 Å². The Kier molecular flexibility index (Phi) is 6.78. The van der Waals surface area contributed by atoms with Crippen LogP contribution in [-0.4, -0.2) is 42.8 Å². The Labute approximate surface area is 129 Å². The molecule has 1 aliphatic rings. The molecule has 0 unspecified atom stereocenters. The van der Waals surface area contributed by atoms with E-state index >= 15 is 0 Å². The van der Waals surface area contributed by atoms with Crippen molar-refractivity contribution >= 4 is 41.3 Å². The van der Waals surface area contributed by atoms with Crippen LogP contribution in [0.15, 0.2) is 29.4 Å². The Bertz CT molecular complexity index is 488. The number of rotatable bonds is 3. The minimum atomic E-state index is -0.0728. The first-order valence-corrected chi connectivity index (χ1v) is 6.47. The molecule has 20 heavy (non-hydrogen) atoms. The van der Waals surface area contributed by atoms with E-state index in [0.29, 0.717) is 37.2 Å². The number of carbonyl (C=O) groups excluding carboxylic acids is 1. The largest absolute Gasteiger partial charge is 0.378 e. The van der Waals surface area contributed by atoms with Crippen molar-refractivity contribution in [2.45, 2.75) is 6.92 Å². The first-order valence-electron chi connectivity index (χ1n) is 6.10. The van der Waals surface area contributed by atoms with Crippen LogP contribution in [-0.2, 0) is 9.53 Å².